The Kier molecular flexibility index (Phi) is 7.41. The van der Waals surface area contributed by atoms with Crippen LogP contribution in [0.4, 0.5) is 5.69 Å². The van der Waals surface area contributed by atoms with Gasteiger partial charge in [-0.2, -0.15) is 11.8 Å². The highest BCUT2D eigenvalue weighted by Gasteiger charge is 2.19. The summed E-state index contributed by atoms with van der Waals surface area (Å²) in [5.41, 5.74) is 2.15. The summed E-state index contributed by atoms with van der Waals surface area (Å²) >= 11 is 1.80. The van der Waals surface area contributed by atoms with Gasteiger partial charge in [0.05, 0.1) is 6.61 Å². The summed E-state index contributed by atoms with van der Waals surface area (Å²) < 4.78 is 5.13. The zero-order chi connectivity index (χ0) is 14.1. The first-order chi connectivity index (χ1) is 9.17. The SMILES string of the molecule is CCOC(=O)C(CCCSC)Nc1cccc(C)c1. The van der Waals surface area contributed by atoms with Crippen molar-refractivity contribution in [2.24, 2.45) is 0 Å². The maximum absolute atomic E-state index is 11.9. The van der Waals surface area contributed by atoms with Gasteiger partial charge in [0, 0.05) is 5.69 Å². The lowest BCUT2D eigenvalue weighted by molar-refractivity contribution is -0.144. The van der Waals surface area contributed by atoms with Crippen molar-refractivity contribution < 1.29 is 9.53 Å². The Balaban J connectivity index is 2.64. The first kappa shape index (κ1) is 15.9. The van der Waals surface area contributed by atoms with Crippen LogP contribution < -0.4 is 5.32 Å². The molecule has 1 aromatic rings. The van der Waals surface area contributed by atoms with E-state index in [0.29, 0.717) is 6.61 Å². The molecule has 1 atom stereocenters. The predicted molar refractivity (Wildman–Crippen MR) is 82.8 cm³/mol. The van der Waals surface area contributed by atoms with Crippen molar-refractivity contribution in [3.8, 4) is 0 Å². The Morgan fingerprint density at radius 1 is 1.47 bits per heavy atom. The molecule has 1 aromatic carbocycles. The van der Waals surface area contributed by atoms with Gasteiger partial charge in [-0.15, -0.1) is 0 Å². The van der Waals surface area contributed by atoms with E-state index in [9.17, 15) is 4.79 Å². The van der Waals surface area contributed by atoms with Crippen molar-refractivity contribution in [1.29, 1.82) is 0 Å². The molecule has 0 aromatic heterocycles. The number of carbonyl (C=O) groups is 1. The normalized spacial score (nSPS) is 11.9. The number of benzene rings is 1. The molecule has 3 nitrogen and oxygen atoms in total. The molecule has 0 saturated heterocycles. The molecule has 0 spiro atoms. The molecule has 0 amide bonds. The summed E-state index contributed by atoms with van der Waals surface area (Å²) in [6.45, 7) is 4.30. The lowest BCUT2D eigenvalue weighted by Crippen LogP contribution is -2.31. The smallest absolute Gasteiger partial charge is 0.328 e. The maximum atomic E-state index is 11.9. The highest BCUT2D eigenvalue weighted by atomic mass is 32.2. The minimum Gasteiger partial charge on any atom is -0.464 e. The zero-order valence-corrected chi connectivity index (χ0v) is 12.8. The molecule has 0 radical (unpaired) electrons. The topological polar surface area (TPSA) is 38.3 Å². The minimum atomic E-state index is -0.256. The van der Waals surface area contributed by atoms with Gasteiger partial charge >= 0.3 is 5.97 Å². The van der Waals surface area contributed by atoms with Crippen molar-refractivity contribution in [2.45, 2.75) is 32.7 Å². The number of thioether (sulfide) groups is 1. The van der Waals surface area contributed by atoms with Gasteiger partial charge in [-0.05, 0) is 56.4 Å². The number of nitrogens with one attached hydrogen (secondary N) is 1. The van der Waals surface area contributed by atoms with E-state index in [0.717, 1.165) is 24.3 Å². The van der Waals surface area contributed by atoms with Crippen LogP contribution in [0.3, 0.4) is 0 Å². The van der Waals surface area contributed by atoms with Gasteiger partial charge in [0.15, 0.2) is 0 Å². The highest BCUT2D eigenvalue weighted by Crippen LogP contribution is 2.14. The second kappa shape index (κ2) is 8.86. The molecule has 0 aliphatic heterocycles. The predicted octanol–water partition coefficient (Wildman–Crippen LogP) is 3.48. The largest absolute Gasteiger partial charge is 0.464 e. The lowest BCUT2D eigenvalue weighted by atomic mass is 10.1. The van der Waals surface area contributed by atoms with Crippen LogP contribution in [0.1, 0.15) is 25.3 Å². The fourth-order valence-electron chi connectivity index (χ4n) is 1.86. The number of rotatable bonds is 8. The van der Waals surface area contributed by atoms with E-state index in [4.69, 9.17) is 4.74 Å². The second-order valence-electron chi connectivity index (χ2n) is 4.45. The molecule has 1 unspecified atom stereocenters. The molecule has 1 rings (SSSR count). The number of hydrogen-bond donors (Lipinski definition) is 1. The number of aryl methyl sites for hydroxylation is 1. The van der Waals surface area contributed by atoms with Crippen LogP contribution in [0.2, 0.25) is 0 Å². The van der Waals surface area contributed by atoms with Crippen molar-refractivity contribution in [1.82, 2.24) is 0 Å². The Hall–Kier alpha value is -1.16. The van der Waals surface area contributed by atoms with Gasteiger partial charge in [0.25, 0.3) is 0 Å². The van der Waals surface area contributed by atoms with E-state index >= 15 is 0 Å². The van der Waals surface area contributed by atoms with Crippen LogP contribution in [-0.4, -0.2) is 30.6 Å². The summed E-state index contributed by atoms with van der Waals surface area (Å²) in [4.78, 5) is 11.9. The van der Waals surface area contributed by atoms with Gasteiger partial charge in [0.2, 0.25) is 0 Å². The average Bonchev–Trinajstić information content (AvgIpc) is 2.38. The summed E-state index contributed by atoms with van der Waals surface area (Å²) in [5, 5.41) is 3.28. The van der Waals surface area contributed by atoms with Crippen molar-refractivity contribution in [3.63, 3.8) is 0 Å². The molecule has 0 saturated carbocycles. The Labute approximate surface area is 120 Å². The van der Waals surface area contributed by atoms with Crippen LogP contribution in [0.15, 0.2) is 24.3 Å². The van der Waals surface area contributed by atoms with Crippen molar-refractivity contribution in [2.75, 3.05) is 23.9 Å². The van der Waals surface area contributed by atoms with Gasteiger partial charge in [-0.1, -0.05) is 12.1 Å². The second-order valence-corrected chi connectivity index (χ2v) is 5.44. The molecular weight excluding hydrogens is 258 g/mol. The van der Waals surface area contributed by atoms with E-state index < -0.39 is 0 Å². The quantitative estimate of drug-likeness (QED) is 0.585. The molecule has 0 aliphatic rings. The number of anilines is 1. The molecule has 106 valence electrons. The van der Waals surface area contributed by atoms with Crippen LogP contribution >= 0.6 is 11.8 Å². The Morgan fingerprint density at radius 2 is 2.26 bits per heavy atom. The monoisotopic (exact) mass is 281 g/mol. The van der Waals surface area contributed by atoms with Gasteiger partial charge < -0.3 is 10.1 Å². The van der Waals surface area contributed by atoms with Crippen LogP contribution in [0.5, 0.6) is 0 Å². The van der Waals surface area contributed by atoms with Crippen molar-refractivity contribution in [3.05, 3.63) is 29.8 Å². The summed E-state index contributed by atoms with van der Waals surface area (Å²) in [6, 6.07) is 7.79. The van der Waals surface area contributed by atoms with Gasteiger partial charge in [-0.25, -0.2) is 4.79 Å². The minimum absolute atomic E-state index is 0.162. The van der Waals surface area contributed by atoms with E-state index in [1.165, 1.54) is 5.56 Å². The summed E-state index contributed by atoms with van der Waals surface area (Å²) in [7, 11) is 0. The molecule has 0 aliphatic carbocycles. The maximum Gasteiger partial charge on any atom is 0.328 e. The summed E-state index contributed by atoms with van der Waals surface area (Å²) in [6.07, 6.45) is 3.88. The standard InChI is InChI=1S/C15H23NO2S/c1-4-18-15(17)14(9-6-10-19-3)16-13-8-5-7-12(2)11-13/h5,7-8,11,14,16H,4,6,9-10H2,1-3H3. The Morgan fingerprint density at radius 3 is 2.89 bits per heavy atom. The molecule has 19 heavy (non-hydrogen) atoms. The van der Waals surface area contributed by atoms with Crippen molar-refractivity contribution >= 4 is 23.4 Å². The third-order valence-corrected chi connectivity index (χ3v) is 3.47. The lowest BCUT2D eigenvalue weighted by Gasteiger charge is -2.18. The molecule has 1 N–H and O–H groups in total. The van der Waals surface area contributed by atoms with Gasteiger partial charge in [-0.3, -0.25) is 0 Å². The first-order valence-electron chi connectivity index (χ1n) is 6.66. The molecule has 0 heterocycles. The first-order valence-corrected chi connectivity index (χ1v) is 8.05. The van der Waals surface area contributed by atoms with E-state index in [-0.39, 0.29) is 12.0 Å². The van der Waals surface area contributed by atoms with Crippen LogP contribution in [0.25, 0.3) is 0 Å². The molecule has 4 heteroatoms. The fourth-order valence-corrected chi connectivity index (χ4v) is 2.31. The van der Waals surface area contributed by atoms with E-state index in [2.05, 4.69) is 11.6 Å². The number of carbonyl (C=O) groups excluding carboxylic acids is 1. The third kappa shape index (κ3) is 6.01. The van der Waals surface area contributed by atoms with E-state index in [1.807, 2.05) is 38.1 Å². The van der Waals surface area contributed by atoms with Gasteiger partial charge in [0.1, 0.15) is 6.04 Å². The zero-order valence-electron chi connectivity index (χ0n) is 11.9. The Bertz CT molecular complexity index is 395. The molecular formula is C15H23NO2S. The van der Waals surface area contributed by atoms with E-state index in [1.54, 1.807) is 11.8 Å². The van der Waals surface area contributed by atoms with Crippen LogP contribution in [0, 0.1) is 6.92 Å². The molecule has 0 fully saturated rings. The molecule has 0 bridgehead atoms. The highest BCUT2D eigenvalue weighted by molar-refractivity contribution is 7.98. The third-order valence-electron chi connectivity index (χ3n) is 2.77. The van der Waals surface area contributed by atoms with Crippen LogP contribution in [-0.2, 0) is 9.53 Å². The number of hydrogen-bond acceptors (Lipinski definition) is 4. The summed E-state index contributed by atoms with van der Waals surface area (Å²) in [5.74, 6) is 0.899. The number of ether oxygens (including phenoxy) is 1. The average molecular weight is 281 g/mol. The number of esters is 1. The fraction of sp³-hybridized carbons (Fsp3) is 0.533.